The molecule has 1 aromatic heterocycles. The van der Waals surface area contributed by atoms with Gasteiger partial charge in [0.2, 0.25) is 5.91 Å². The van der Waals surface area contributed by atoms with Gasteiger partial charge in [0.1, 0.15) is 6.61 Å². The number of halogens is 1. The van der Waals surface area contributed by atoms with E-state index in [2.05, 4.69) is 5.32 Å². The molecule has 0 unspecified atom stereocenters. The molecule has 0 saturated carbocycles. The van der Waals surface area contributed by atoms with Crippen molar-refractivity contribution in [2.45, 2.75) is 19.9 Å². The molecule has 1 rings (SSSR count). The van der Waals surface area contributed by atoms with Crippen LogP contribution >= 0.6 is 22.9 Å². The molecule has 0 bridgehead atoms. The quantitative estimate of drug-likeness (QED) is 0.869. The maximum absolute atomic E-state index is 11.3. The van der Waals surface area contributed by atoms with E-state index >= 15 is 0 Å². The van der Waals surface area contributed by atoms with Crippen molar-refractivity contribution in [1.82, 2.24) is 5.32 Å². The minimum Gasteiger partial charge on any atom is -0.372 e. The summed E-state index contributed by atoms with van der Waals surface area (Å²) in [6.07, 6.45) is 0. The van der Waals surface area contributed by atoms with E-state index in [1.165, 1.54) is 11.3 Å². The van der Waals surface area contributed by atoms with Crippen LogP contribution in [0.5, 0.6) is 0 Å². The Morgan fingerprint density at radius 2 is 2.40 bits per heavy atom. The number of carbonyl (C=O) groups is 1. The first kappa shape index (κ1) is 12.5. The van der Waals surface area contributed by atoms with Gasteiger partial charge in [-0.25, -0.2) is 0 Å². The van der Waals surface area contributed by atoms with Gasteiger partial charge >= 0.3 is 0 Å². The first-order valence-corrected chi connectivity index (χ1v) is 5.95. The summed E-state index contributed by atoms with van der Waals surface area (Å²) in [6.45, 7) is 4.44. The van der Waals surface area contributed by atoms with Crippen molar-refractivity contribution >= 4 is 28.8 Å². The van der Waals surface area contributed by atoms with E-state index in [0.717, 1.165) is 9.21 Å². The van der Waals surface area contributed by atoms with E-state index in [9.17, 15) is 4.79 Å². The number of thiophene rings is 1. The van der Waals surface area contributed by atoms with Gasteiger partial charge in [0.15, 0.2) is 0 Å². The molecule has 84 valence electrons. The molecular weight excluding hydrogens is 234 g/mol. The zero-order valence-electron chi connectivity index (χ0n) is 8.75. The van der Waals surface area contributed by atoms with Crippen LogP contribution in [0.2, 0.25) is 4.34 Å². The van der Waals surface area contributed by atoms with E-state index in [1.54, 1.807) is 0 Å². The predicted molar refractivity (Wildman–Crippen MR) is 62.4 cm³/mol. The molecule has 1 heterocycles. The Morgan fingerprint density at radius 1 is 1.67 bits per heavy atom. The summed E-state index contributed by atoms with van der Waals surface area (Å²) in [5.41, 5.74) is 0. The van der Waals surface area contributed by atoms with Crippen LogP contribution < -0.4 is 5.32 Å². The Hall–Kier alpha value is -0.580. The van der Waals surface area contributed by atoms with Gasteiger partial charge in [-0.1, -0.05) is 11.6 Å². The molecule has 0 aliphatic rings. The first-order valence-electron chi connectivity index (χ1n) is 4.75. The van der Waals surface area contributed by atoms with E-state index in [4.69, 9.17) is 16.3 Å². The van der Waals surface area contributed by atoms with E-state index < -0.39 is 0 Å². The monoisotopic (exact) mass is 247 g/mol. The lowest BCUT2D eigenvalue weighted by molar-refractivity contribution is -0.126. The standard InChI is InChI=1S/C10H14ClNO2S/c1-3-14-6-10(13)12-7(2)8-4-5-9(11)15-8/h4-5,7H,3,6H2,1-2H3,(H,12,13)/t7-/m0/s1. The highest BCUT2D eigenvalue weighted by atomic mass is 35.5. The van der Waals surface area contributed by atoms with Crippen LogP contribution in [0.1, 0.15) is 24.8 Å². The van der Waals surface area contributed by atoms with Crippen molar-refractivity contribution in [3.63, 3.8) is 0 Å². The molecule has 1 aromatic rings. The molecule has 1 amide bonds. The van der Waals surface area contributed by atoms with E-state index in [0.29, 0.717) is 6.61 Å². The number of hydrogen-bond donors (Lipinski definition) is 1. The van der Waals surface area contributed by atoms with Gasteiger partial charge in [-0.15, -0.1) is 11.3 Å². The maximum atomic E-state index is 11.3. The Balaban J connectivity index is 2.41. The molecule has 0 fully saturated rings. The molecule has 0 aromatic carbocycles. The highest BCUT2D eigenvalue weighted by Gasteiger charge is 2.11. The van der Waals surface area contributed by atoms with Crippen molar-refractivity contribution in [2.75, 3.05) is 13.2 Å². The van der Waals surface area contributed by atoms with Crippen LogP contribution in [0.4, 0.5) is 0 Å². The number of rotatable bonds is 5. The lowest BCUT2D eigenvalue weighted by Gasteiger charge is -2.11. The Kier molecular flexibility index (Phi) is 5.08. The fourth-order valence-corrected chi connectivity index (χ4v) is 2.17. The third-order valence-corrected chi connectivity index (χ3v) is 3.25. The third kappa shape index (κ3) is 4.20. The van der Waals surface area contributed by atoms with Gasteiger partial charge in [-0.3, -0.25) is 4.79 Å². The summed E-state index contributed by atoms with van der Waals surface area (Å²) >= 11 is 7.28. The van der Waals surface area contributed by atoms with E-state index in [-0.39, 0.29) is 18.6 Å². The second kappa shape index (κ2) is 6.10. The number of hydrogen-bond acceptors (Lipinski definition) is 3. The van der Waals surface area contributed by atoms with Crippen LogP contribution in [0.3, 0.4) is 0 Å². The van der Waals surface area contributed by atoms with Gasteiger partial charge < -0.3 is 10.1 Å². The molecular formula is C10H14ClNO2S. The minimum absolute atomic E-state index is 0.0181. The van der Waals surface area contributed by atoms with Gasteiger partial charge in [0.25, 0.3) is 0 Å². The summed E-state index contributed by atoms with van der Waals surface area (Å²) in [4.78, 5) is 12.4. The lowest BCUT2D eigenvalue weighted by Crippen LogP contribution is -2.29. The summed E-state index contributed by atoms with van der Waals surface area (Å²) in [5.74, 6) is -0.103. The van der Waals surface area contributed by atoms with E-state index in [1.807, 2.05) is 26.0 Å². The fraction of sp³-hybridized carbons (Fsp3) is 0.500. The number of nitrogens with one attached hydrogen (secondary N) is 1. The average Bonchev–Trinajstić information content (AvgIpc) is 2.61. The maximum Gasteiger partial charge on any atom is 0.246 e. The lowest BCUT2D eigenvalue weighted by atomic mass is 10.3. The van der Waals surface area contributed by atoms with Gasteiger partial charge in [0, 0.05) is 11.5 Å². The second-order valence-corrected chi connectivity index (χ2v) is 4.81. The number of amides is 1. The van der Waals surface area contributed by atoms with Crippen LogP contribution in [0.25, 0.3) is 0 Å². The predicted octanol–water partition coefficient (Wildman–Crippen LogP) is 2.62. The van der Waals surface area contributed by atoms with Crippen LogP contribution in [0, 0.1) is 0 Å². The van der Waals surface area contributed by atoms with Crippen molar-refractivity contribution in [1.29, 1.82) is 0 Å². The van der Waals surface area contributed by atoms with Gasteiger partial charge in [0.05, 0.1) is 10.4 Å². The summed E-state index contributed by atoms with van der Waals surface area (Å²) in [6, 6.07) is 3.72. The minimum atomic E-state index is -0.103. The summed E-state index contributed by atoms with van der Waals surface area (Å²) in [7, 11) is 0. The molecule has 0 aliphatic heterocycles. The van der Waals surface area contributed by atoms with Gasteiger partial charge in [-0.2, -0.15) is 0 Å². The molecule has 5 heteroatoms. The molecule has 0 saturated heterocycles. The number of carbonyl (C=O) groups excluding carboxylic acids is 1. The topological polar surface area (TPSA) is 38.3 Å². The SMILES string of the molecule is CCOCC(=O)N[C@@H](C)c1ccc(Cl)s1. The Labute approximate surface area is 98.4 Å². The third-order valence-electron chi connectivity index (χ3n) is 1.84. The first-order chi connectivity index (χ1) is 7.13. The van der Waals surface area contributed by atoms with Crippen LogP contribution in [0.15, 0.2) is 12.1 Å². The zero-order chi connectivity index (χ0) is 11.3. The van der Waals surface area contributed by atoms with Crippen molar-refractivity contribution in [3.8, 4) is 0 Å². The summed E-state index contributed by atoms with van der Waals surface area (Å²) < 4.78 is 5.73. The molecule has 0 aliphatic carbocycles. The molecule has 15 heavy (non-hydrogen) atoms. The van der Waals surface area contributed by atoms with Crippen molar-refractivity contribution in [2.24, 2.45) is 0 Å². The highest BCUT2D eigenvalue weighted by Crippen LogP contribution is 2.26. The van der Waals surface area contributed by atoms with Gasteiger partial charge in [-0.05, 0) is 26.0 Å². The van der Waals surface area contributed by atoms with Crippen molar-refractivity contribution < 1.29 is 9.53 Å². The normalized spacial score (nSPS) is 12.5. The molecule has 1 atom stereocenters. The zero-order valence-corrected chi connectivity index (χ0v) is 10.3. The number of ether oxygens (including phenoxy) is 1. The molecule has 0 radical (unpaired) electrons. The summed E-state index contributed by atoms with van der Waals surface area (Å²) in [5, 5.41) is 2.83. The van der Waals surface area contributed by atoms with Crippen LogP contribution in [-0.4, -0.2) is 19.1 Å². The molecule has 0 spiro atoms. The fourth-order valence-electron chi connectivity index (χ4n) is 1.11. The highest BCUT2D eigenvalue weighted by molar-refractivity contribution is 7.16. The second-order valence-electron chi connectivity index (χ2n) is 3.07. The van der Waals surface area contributed by atoms with Crippen LogP contribution in [-0.2, 0) is 9.53 Å². The molecule has 3 nitrogen and oxygen atoms in total. The van der Waals surface area contributed by atoms with Crippen molar-refractivity contribution in [3.05, 3.63) is 21.3 Å². The Bertz CT molecular complexity index is 327. The average molecular weight is 248 g/mol. The largest absolute Gasteiger partial charge is 0.372 e. The Morgan fingerprint density at radius 3 is 2.93 bits per heavy atom. The smallest absolute Gasteiger partial charge is 0.246 e. The molecule has 1 N–H and O–H groups in total.